The van der Waals surface area contributed by atoms with E-state index in [1.54, 1.807) is 0 Å². The molecular weight excluding hydrogens is 438 g/mol. The predicted molar refractivity (Wildman–Crippen MR) is 124 cm³/mol. The van der Waals surface area contributed by atoms with Crippen LogP contribution < -0.4 is 0 Å². The minimum Gasteiger partial charge on any atom is -0.346 e. The summed E-state index contributed by atoms with van der Waals surface area (Å²) in [6.45, 7) is 1.18. The monoisotopic (exact) mass is 457 g/mol. The van der Waals surface area contributed by atoms with Crippen molar-refractivity contribution in [2.45, 2.75) is 6.29 Å². The van der Waals surface area contributed by atoms with Crippen LogP contribution in [0.2, 0.25) is 0 Å². The number of ether oxygens (including phenoxy) is 2. The average molecular weight is 458 g/mol. The molecule has 0 unspecified atom stereocenters. The van der Waals surface area contributed by atoms with E-state index in [0.29, 0.717) is 13.2 Å². The Balaban J connectivity index is 1.75. The van der Waals surface area contributed by atoms with Crippen molar-refractivity contribution in [3.05, 3.63) is 112 Å². The molecule has 0 atom stereocenters. The summed E-state index contributed by atoms with van der Waals surface area (Å²) in [6, 6.07) is 31.0. The zero-order valence-electron chi connectivity index (χ0n) is 16.3. The van der Waals surface area contributed by atoms with Gasteiger partial charge in [0.2, 0.25) is 0 Å². The van der Waals surface area contributed by atoms with Crippen LogP contribution in [0.4, 0.5) is 5.69 Å². The van der Waals surface area contributed by atoms with Gasteiger partial charge in [-0.05, 0) is 29.0 Å². The Bertz CT molecular complexity index is 1160. The highest BCUT2D eigenvalue weighted by Gasteiger charge is 2.24. The van der Waals surface area contributed by atoms with Crippen molar-refractivity contribution in [1.29, 1.82) is 0 Å². The van der Waals surface area contributed by atoms with Gasteiger partial charge in [0.15, 0.2) is 6.29 Å². The molecule has 0 N–H and O–H groups in total. The maximum Gasteiger partial charge on any atom is 0.186 e. The fourth-order valence-corrected chi connectivity index (χ4v) is 4.17. The molecule has 1 heterocycles. The highest BCUT2D eigenvalue weighted by atomic mass is 79.9. The van der Waals surface area contributed by atoms with E-state index in [-0.39, 0.29) is 0 Å². The number of rotatable bonds is 4. The zero-order chi connectivity index (χ0) is 20.3. The van der Waals surface area contributed by atoms with Crippen LogP contribution in [0.3, 0.4) is 0 Å². The molecule has 4 aromatic rings. The smallest absolute Gasteiger partial charge is 0.186 e. The molecule has 1 fully saturated rings. The fraction of sp³-hybridized carbons (Fsp3) is 0.115. The van der Waals surface area contributed by atoms with Crippen LogP contribution in [0, 0.1) is 0 Å². The maximum atomic E-state index is 5.91. The Hall–Kier alpha value is -2.79. The van der Waals surface area contributed by atoms with E-state index >= 15 is 0 Å². The summed E-state index contributed by atoms with van der Waals surface area (Å²) in [5.74, 6) is 0. The van der Waals surface area contributed by atoms with E-state index in [9.17, 15) is 0 Å². The average Bonchev–Trinajstić information content (AvgIpc) is 3.33. The quantitative estimate of drug-likeness (QED) is 0.315. The van der Waals surface area contributed by atoms with E-state index in [4.69, 9.17) is 14.5 Å². The fourth-order valence-electron chi connectivity index (χ4n) is 3.79. The number of halogens is 1. The SMILES string of the molecule is Brc1ccc2c(C3OCCO3)c(N=C(c3ccccc3)c3ccccc3)ccc2c1. The Labute approximate surface area is 184 Å². The molecule has 0 aliphatic carbocycles. The van der Waals surface area contributed by atoms with Gasteiger partial charge in [0.1, 0.15) is 0 Å². The molecule has 0 radical (unpaired) electrons. The van der Waals surface area contributed by atoms with Crippen LogP contribution in [-0.2, 0) is 9.47 Å². The van der Waals surface area contributed by atoms with Crippen molar-refractivity contribution in [2.75, 3.05) is 13.2 Å². The van der Waals surface area contributed by atoms with Gasteiger partial charge in [-0.3, -0.25) is 0 Å². The number of aliphatic imine (C=N–C) groups is 1. The molecule has 148 valence electrons. The predicted octanol–water partition coefficient (Wildman–Crippen LogP) is 6.82. The van der Waals surface area contributed by atoms with E-state index in [2.05, 4.69) is 64.5 Å². The summed E-state index contributed by atoms with van der Waals surface area (Å²) in [5, 5.41) is 2.21. The van der Waals surface area contributed by atoms with E-state index < -0.39 is 6.29 Å². The number of hydrogen-bond donors (Lipinski definition) is 0. The minimum atomic E-state index is -0.415. The van der Waals surface area contributed by atoms with Crippen LogP contribution >= 0.6 is 15.9 Å². The van der Waals surface area contributed by atoms with Crippen molar-refractivity contribution in [3.63, 3.8) is 0 Å². The molecule has 0 saturated carbocycles. The second kappa shape index (κ2) is 8.52. The number of benzene rings is 4. The van der Waals surface area contributed by atoms with Gasteiger partial charge in [0.25, 0.3) is 0 Å². The lowest BCUT2D eigenvalue weighted by atomic mass is 10.00. The third-order valence-electron chi connectivity index (χ3n) is 5.18. The van der Waals surface area contributed by atoms with Gasteiger partial charge < -0.3 is 9.47 Å². The van der Waals surface area contributed by atoms with E-state index in [0.717, 1.165) is 43.3 Å². The van der Waals surface area contributed by atoms with Gasteiger partial charge in [-0.25, -0.2) is 4.99 Å². The van der Waals surface area contributed by atoms with Crippen LogP contribution in [0.25, 0.3) is 10.8 Å². The van der Waals surface area contributed by atoms with Crippen LogP contribution in [-0.4, -0.2) is 18.9 Å². The van der Waals surface area contributed by atoms with Crippen molar-refractivity contribution >= 4 is 38.1 Å². The number of hydrogen-bond acceptors (Lipinski definition) is 3. The summed E-state index contributed by atoms with van der Waals surface area (Å²) in [5.41, 5.74) is 4.89. The molecule has 1 aliphatic heterocycles. The Morgan fingerprint density at radius 1 is 0.767 bits per heavy atom. The molecule has 4 aromatic carbocycles. The Morgan fingerprint density at radius 3 is 2.03 bits per heavy atom. The summed E-state index contributed by atoms with van der Waals surface area (Å²) in [4.78, 5) is 5.16. The molecule has 1 saturated heterocycles. The van der Waals surface area contributed by atoms with Gasteiger partial charge in [0, 0.05) is 21.2 Å². The molecule has 0 spiro atoms. The maximum absolute atomic E-state index is 5.91. The molecule has 1 aliphatic rings. The zero-order valence-corrected chi connectivity index (χ0v) is 17.9. The Kier molecular flexibility index (Phi) is 5.45. The summed E-state index contributed by atoms with van der Waals surface area (Å²) in [7, 11) is 0. The first-order valence-electron chi connectivity index (χ1n) is 9.94. The lowest BCUT2D eigenvalue weighted by Gasteiger charge is -2.17. The van der Waals surface area contributed by atoms with Gasteiger partial charge in [-0.1, -0.05) is 88.7 Å². The van der Waals surface area contributed by atoms with Crippen molar-refractivity contribution in [2.24, 2.45) is 4.99 Å². The largest absolute Gasteiger partial charge is 0.346 e. The van der Waals surface area contributed by atoms with Crippen LogP contribution in [0.15, 0.2) is 100 Å². The topological polar surface area (TPSA) is 30.8 Å². The molecule has 3 nitrogen and oxygen atoms in total. The Morgan fingerprint density at radius 2 is 1.40 bits per heavy atom. The van der Waals surface area contributed by atoms with Crippen molar-refractivity contribution in [1.82, 2.24) is 0 Å². The van der Waals surface area contributed by atoms with Crippen molar-refractivity contribution < 1.29 is 9.47 Å². The van der Waals surface area contributed by atoms with E-state index in [1.165, 1.54) is 0 Å². The summed E-state index contributed by atoms with van der Waals surface area (Å²) < 4.78 is 12.9. The molecule has 0 amide bonds. The minimum absolute atomic E-state index is 0.415. The molecule has 30 heavy (non-hydrogen) atoms. The highest BCUT2D eigenvalue weighted by molar-refractivity contribution is 9.10. The highest BCUT2D eigenvalue weighted by Crippen LogP contribution is 2.39. The first-order valence-corrected chi connectivity index (χ1v) is 10.7. The second-order valence-electron chi connectivity index (χ2n) is 7.13. The van der Waals surface area contributed by atoms with Gasteiger partial charge in [-0.2, -0.15) is 0 Å². The third kappa shape index (κ3) is 3.82. The van der Waals surface area contributed by atoms with Gasteiger partial charge in [0.05, 0.1) is 24.6 Å². The second-order valence-corrected chi connectivity index (χ2v) is 8.05. The molecule has 4 heteroatoms. The third-order valence-corrected chi connectivity index (χ3v) is 5.68. The van der Waals surface area contributed by atoms with Crippen molar-refractivity contribution in [3.8, 4) is 0 Å². The van der Waals surface area contributed by atoms with Gasteiger partial charge >= 0.3 is 0 Å². The lowest BCUT2D eigenvalue weighted by Crippen LogP contribution is -2.05. The number of fused-ring (bicyclic) bond motifs is 1. The lowest BCUT2D eigenvalue weighted by molar-refractivity contribution is -0.0425. The van der Waals surface area contributed by atoms with Gasteiger partial charge in [-0.15, -0.1) is 0 Å². The standard InChI is InChI=1S/C26H20BrNO2/c27-21-12-13-22-20(17-21)11-14-23(24(22)26-29-15-16-30-26)28-25(18-7-3-1-4-8-18)19-9-5-2-6-10-19/h1-14,17,26H,15-16H2. The molecular formula is C26H20BrNO2. The number of nitrogens with zero attached hydrogens (tertiary/aromatic N) is 1. The summed E-state index contributed by atoms with van der Waals surface area (Å²) in [6.07, 6.45) is -0.415. The van der Waals surface area contributed by atoms with E-state index in [1.807, 2.05) is 42.5 Å². The first-order chi connectivity index (χ1) is 14.8. The van der Waals surface area contributed by atoms with Crippen LogP contribution in [0.1, 0.15) is 23.0 Å². The molecule has 0 bridgehead atoms. The molecule has 5 rings (SSSR count). The normalized spacial score (nSPS) is 14.2. The molecule has 0 aromatic heterocycles. The first kappa shape index (κ1) is 19.2. The summed E-state index contributed by atoms with van der Waals surface area (Å²) >= 11 is 3.57. The van der Waals surface area contributed by atoms with Crippen LogP contribution in [0.5, 0.6) is 0 Å².